The number of hydrogen-bond acceptors (Lipinski definition) is 5. The van der Waals surface area contributed by atoms with E-state index in [0.717, 1.165) is 17.1 Å². The van der Waals surface area contributed by atoms with E-state index >= 15 is 0 Å². The first-order valence-electron chi connectivity index (χ1n) is 9.54. The third-order valence-electron chi connectivity index (χ3n) is 5.59. The molecule has 2 heterocycles. The molecule has 0 unspecified atom stereocenters. The van der Waals surface area contributed by atoms with E-state index in [1.165, 1.54) is 5.56 Å². The average Bonchev–Trinajstić information content (AvgIpc) is 3.24. The maximum absolute atomic E-state index is 13.6. The summed E-state index contributed by atoms with van der Waals surface area (Å²) >= 11 is 0. The van der Waals surface area contributed by atoms with Crippen LogP contribution < -0.4 is 19.7 Å². The van der Waals surface area contributed by atoms with E-state index in [0.29, 0.717) is 29.3 Å². The number of ether oxygens (including phenoxy) is 2. The maximum Gasteiger partial charge on any atom is 0.193 e. The number of aliphatic imine (C=N–C) groups is 1. The Kier molecular flexibility index (Phi) is 4.57. The Morgan fingerprint density at radius 2 is 1.86 bits per heavy atom. The lowest BCUT2D eigenvalue weighted by Crippen LogP contribution is -2.44. The van der Waals surface area contributed by atoms with Gasteiger partial charge in [0.1, 0.15) is 22.9 Å². The molecule has 0 radical (unpaired) electrons. The molecule has 0 aliphatic carbocycles. The molecule has 2 aromatic rings. The molecule has 0 aromatic heterocycles. The van der Waals surface area contributed by atoms with Crippen molar-refractivity contribution in [2.45, 2.75) is 25.8 Å². The molecule has 1 saturated heterocycles. The number of amidine groups is 1. The third kappa shape index (κ3) is 2.87. The van der Waals surface area contributed by atoms with Crippen molar-refractivity contribution in [3.05, 3.63) is 59.3 Å². The summed E-state index contributed by atoms with van der Waals surface area (Å²) in [5.74, 6) is 1.99. The normalized spacial score (nSPS) is 21.3. The molecule has 2 aromatic carbocycles. The number of anilines is 2. The maximum atomic E-state index is 13.6. The number of hydrogen-bond donors (Lipinski definition) is 1. The topological polar surface area (TPSA) is 63.2 Å². The molecule has 0 amide bonds. The van der Waals surface area contributed by atoms with Gasteiger partial charge in [-0.25, -0.2) is 0 Å². The number of methoxy groups -OCH3 is 2. The second-order valence-electron chi connectivity index (χ2n) is 7.62. The summed E-state index contributed by atoms with van der Waals surface area (Å²) < 4.78 is 10.9. The highest BCUT2D eigenvalue weighted by atomic mass is 16.5. The van der Waals surface area contributed by atoms with Gasteiger partial charge in [-0.3, -0.25) is 9.79 Å². The minimum atomic E-state index is -0.810. The van der Waals surface area contributed by atoms with Gasteiger partial charge in [0.15, 0.2) is 5.78 Å². The number of carbonyl (C=O) groups excluding carboxylic acids is 1. The summed E-state index contributed by atoms with van der Waals surface area (Å²) in [7, 11) is 4.94. The molecule has 2 aliphatic rings. The Balaban J connectivity index is 1.86. The molecule has 6 nitrogen and oxygen atoms in total. The zero-order valence-electron chi connectivity index (χ0n) is 17.4. The van der Waals surface area contributed by atoms with Crippen LogP contribution in [0.3, 0.4) is 0 Å². The highest BCUT2D eigenvalue weighted by Crippen LogP contribution is 2.43. The summed E-state index contributed by atoms with van der Waals surface area (Å²) in [5, 5.41) is 3.43. The van der Waals surface area contributed by atoms with Gasteiger partial charge in [0, 0.05) is 30.9 Å². The highest BCUT2D eigenvalue weighted by Gasteiger charge is 2.50. The highest BCUT2D eigenvalue weighted by molar-refractivity contribution is 6.37. The van der Waals surface area contributed by atoms with E-state index in [4.69, 9.17) is 9.47 Å². The predicted molar refractivity (Wildman–Crippen MR) is 115 cm³/mol. The van der Waals surface area contributed by atoms with Gasteiger partial charge in [0.25, 0.3) is 0 Å². The molecule has 1 fully saturated rings. The number of Topliss-reactive ketones (excluding diaryl/α,β-unsaturated/α-hetero) is 1. The summed E-state index contributed by atoms with van der Waals surface area (Å²) in [6, 6.07) is 13.7. The zero-order valence-corrected chi connectivity index (χ0v) is 17.4. The number of ketones is 1. The van der Waals surface area contributed by atoms with Gasteiger partial charge in [0.05, 0.1) is 25.5 Å². The number of nitrogens with zero attached hydrogens (tertiary/aromatic N) is 2. The lowest BCUT2D eigenvalue weighted by Gasteiger charge is -2.32. The number of rotatable bonds is 3. The molecule has 4 rings (SSSR count). The number of fused-ring (bicyclic) bond motifs is 1. The van der Waals surface area contributed by atoms with Crippen LogP contribution >= 0.6 is 0 Å². The van der Waals surface area contributed by atoms with Crippen LogP contribution in [0, 0.1) is 0 Å². The number of allylic oxidation sites excluding steroid dienone is 1. The first kappa shape index (κ1) is 19.1. The van der Waals surface area contributed by atoms with Crippen molar-refractivity contribution in [1.82, 2.24) is 0 Å². The zero-order chi connectivity index (χ0) is 20.8. The van der Waals surface area contributed by atoms with Crippen LogP contribution in [0.15, 0.2) is 58.7 Å². The summed E-state index contributed by atoms with van der Waals surface area (Å²) in [4.78, 5) is 20.0. The van der Waals surface area contributed by atoms with E-state index in [-0.39, 0.29) is 5.78 Å². The van der Waals surface area contributed by atoms with Crippen LogP contribution in [0.5, 0.6) is 11.5 Å². The molecule has 0 saturated carbocycles. The molecular weight excluding hydrogens is 366 g/mol. The van der Waals surface area contributed by atoms with Gasteiger partial charge >= 0.3 is 0 Å². The van der Waals surface area contributed by atoms with E-state index in [1.54, 1.807) is 21.3 Å². The standard InChI is InChI=1S/C23H25N3O3/c1-23(2)21(27)20(17-12-14-8-6-7-9-16(14)25-17)22(24-3)26(23)18-11-10-15(28-4)13-19(18)29-5/h6-11,13,25H,12H2,1-5H3. The molecule has 0 bridgehead atoms. The largest absolute Gasteiger partial charge is 0.497 e. The van der Waals surface area contributed by atoms with Crippen LogP contribution in [0.4, 0.5) is 11.4 Å². The molecule has 0 spiro atoms. The van der Waals surface area contributed by atoms with Gasteiger partial charge < -0.3 is 19.7 Å². The van der Waals surface area contributed by atoms with Crippen molar-refractivity contribution in [3.8, 4) is 11.5 Å². The van der Waals surface area contributed by atoms with E-state index in [9.17, 15) is 4.79 Å². The summed E-state index contributed by atoms with van der Waals surface area (Å²) in [5.41, 5.74) is 3.70. The second-order valence-corrected chi connectivity index (χ2v) is 7.62. The summed E-state index contributed by atoms with van der Waals surface area (Å²) in [6.07, 6.45) is 0.680. The number of benzene rings is 2. The SMILES string of the molecule is CN=C1C(=C2Cc3ccccc3N2)C(=O)C(C)(C)N1c1ccc(OC)cc1OC. The van der Waals surface area contributed by atoms with Gasteiger partial charge in [-0.05, 0) is 37.6 Å². The fraction of sp³-hybridized carbons (Fsp3) is 0.304. The van der Waals surface area contributed by atoms with Gasteiger partial charge in [-0.2, -0.15) is 0 Å². The van der Waals surface area contributed by atoms with Crippen molar-refractivity contribution in [3.63, 3.8) is 0 Å². The fourth-order valence-corrected chi connectivity index (χ4v) is 4.10. The predicted octanol–water partition coefficient (Wildman–Crippen LogP) is 3.82. The minimum Gasteiger partial charge on any atom is -0.497 e. The molecule has 150 valence electrons. The number of carbonyl (C=O) groups is 1. The van der Waals surface area contributed by atoms with Crippen molar-refractivity contribution in [2.75, 3.05) is 31.5 Å². The smallest absolute Gasteiger partial charge is 0.193 e. The first-order valence-corrected chi connectivity index (χ1v) is 9.54. The lowest BCUT2D eigenvalue weighted by molar-refractivity contribution is -0.118. The lowest BCUT2D eigenvalue weighted by atomic mass is 9.96. The average molecular weight is 391 g/mol. The first-order chi connectivity index (χ1) is 13.9. The minimum absolute atomic E-state index is 0.0336. The molecular formula is C23H25N3O3. The Morgan fingerprint density at radius 3 is 2.52 bits per heavy atom. The van der Waals surface area contributed by atoms with Crippen LogP contribution in [-0.2, 0) is 11.2 Å². The van der Waals surface area contributed by atoms with Crippen molar-refractivity contribution >= 4 is 23.0 Å². The van der Waals surface area contributed by atoms with Crippen molar-refractivity contribution in [2.24, 2.45) is 4.99 Å². The van der Waals surface area contributed by atoms with E-state index < -0.39 is 5.54 Å². The van der Waals surface area contributed by atoms with Crippen LogP contribution in [0.1, 0.15) is 19.4 Å². The summed E-state index contributed by atoms with van der Waals surface area (Å²) in [6.45, 7) is 3.83. The molecule has 6 heteroatoms. The quantitative estimate of drug-likeness (QED) is 0.806. The van der Waals surface area contributed by atoms with Crippen LogP contribution in [0.2, 0.25) is 0 Å². The molecule has 2 aliphatic heterocycles. The van der Waals surface area contributed by atoms with Crippen molar-refractivity contribution in [1.29, 1.82) is 0 Å². The van der Waals surface area contributed by atoms with E-state index in [1.807, 2.05) is 55.1 Å². The van der Waals surface area contributed by atoms with Crippen LogP contribution in [-0.4, -0.2) is 38.4 Å². The Labute approximate surface area is 170 Å². The number of para-hydroxylation sites is 1. The molecule has 0 atom stereocenters. The monoisotopic (exact) mass is 391 g/mol. The Hall–Kier alpha value is -3.28. The van der Waals surface area contributed by atoms with Gasteiger partial charge in [-0.15, -0.1) is 0 Å². The fourth-order valence-electron chi connectivity index (χ4n) is 4.10. The van der Waals surface area contributed by atoms with Crippen LogP contribution in [0.25, 0.3) is 0 Å². The molecule has 29 heavy (non-hydrogen) atoms. The second kappa shape index (κ2) is 6.95. The van der Waals surface area contributed by atoms with Gasteiger partial charge in [-0.1, -0.05) is 18.2 Å². The van der Waals surface area contributed by atoms with Crippen molar-refractivity contribution < 1.29 is 14.3 Å². The third-order valence-corrected chi connectivity index (χ3v) is 5.59. The number of nitrogens with one attached hydrogen (secondary N) is 1. The van der Waals surface area contributed by atoms with E-state index in [2.05, 4.69) is 16.4 Å². The molecule has 1 N–H and O–H groups in total. The van der Waals surface area contributed by atoms with Gasteiger partial charge in [0.2, 0.25) is 0 Å². The Bertz CT molecular complexity index is 1030. The Morgan fingerprint density at radius 1 is 1.10 bits per heavy atom.